The van der Waals surface area contributed by atoms with Crippen LogP contribution in [0.25, 0.3) is 0 Å². The van der Waals surface area contributed by atoms with Crippen LogP contribution in [-0.4, -0.2) is 32.0 Å². The van der Waals surface area contributed by atoms with E-state index in [1.807, 2.05) is 26.0 Å². The van der Waals surface area contributed by atoms with Crippen molar-refractivity contribution in [2.45, 2.75) is 37.5 Å². The Balaban J connectivity index is 2.75. The summed E-state index contributed by atoms with van der Waals surface area (Å²) in [6.45, 7) is 4.60. The molecule has 0 saturated heterocycles. The van der Waals surface area contributed by atoms with Gasteiger partial charge < -0.3 is 5.32 Å². The maximum Gasteiger partial charge on any atom is 0.155 e. The van der Waals surface area contributed by atoms with Crippen molar-refractivity contribution in [1.82, 2.24) is 5.32 Å². The maximum atomic E-state index is 11.7. The smallest absolute Gasteiger partial charge is 0.155 e. The second-order valence-corrected chi connectivity index (χ2v) is 6.78. The Morgan fingerprint density at radius 2 is 1.86 bits per heavy atom. The zero-order chi connectivity index (χ0) is 10.8. The van der Waals surface area contributed by atoms with E-state index < -0.39 is 14.6 Å². The molecule has 0 aromatic rings. The monoisotopic (exact) mass is 217 g/mol. The quantitative estimate of drug-likeness (QED) is 0.718. The van der Waals surface area contributed by atoms with E-state index in [-0.39, 0.29) is 0 Å². The lowest BCUT2D eigenvalue weighted by molar-refractivity contribution is 0.467. The molecule has 0 amide bonds. The first-order valence-corrected chi connectivity index (χ1v) is 6.84. The normalized spacial score (nSPS) is 20.6. The topological polar surface area (TPSA) is 46.2 Å². The van der Waals surface area contributed by atoms with E-state index in [4.69, 9.17) is 0 Å². The molecule has 0 spiro atoms. The Hall–Kier alpha value is -0.350. The van der Waals surface area contributed by atoms with Gasteiger partial charge in [0.2, 0.25) is 0 Å². The first kappa shape index (κ1) is 11.7. The van der Waals surface area contributed by atoms with Crippen LogP contribution in [0.4, 0.5) is 0 Å². The Labute approximate surface area is 86.5 Å². The molecule has 1 N–H and O–H groups in total. The molecular weight excluding hydrogens is 198 g/mol. The van der Waals surface area contributed by atoms with Gasteiger partial charge in [0.15, 0.2) is 9.84 Å². The van der Waals surface area contributed by atoms with Gasteiger partial charge in [0.25, 0.3) is 0 Å². The number of nitrogens with one attached hydrogen (secondary N) is 1. The lowest BCUT2D eigenvalue weighted by atomic mass is 10.1. The summed E-state index contributed by atoms with van der Waals surface area (Å²) >= 11 is 0. The zero-order valence-corrected chi connectivity index (χ0v) is 9.89. The molecule has 0 unspecified atom stereocenters. The lowest BCUT2D eigenvalue weighted by Gasteiger charge is -2.28. The first-order valence-electron chi connectivity index (χ1n) is 4.95. The average molecular weight is 217 g/mol. The van der Waals surface area contributed by atoms with Gasteiger partial charge in [-0.2, -0.15) is 0 Å². The molecule has 0 bridgehead atoms. The summed E-state index contributed by atoms with van der Waals surface area (Å²) in [5, 5.41) is 3.22. The highest BCUT2D eigenvalue weighted by Gasteiger charge is 2.40. The minimum atomic E-state index is -2.98. The highest BCUT2D eigenvalue weighted by atomic mass is 32.2. The second-order valence-electron chi connectivity index (χ2n) is 4.37. The van der Waals surface area contributed by atoms with Crippen LogP contribution in [0.1, 0.15) is 26.7 Å². The van der Waals surface area contributed by atoms with Gasteiger partial charge >= 0.3 is 0 Å². The molecule has 4 heteroatoms. The second kappa shape index (κ2) is 4.03. The number of hydrogen-bond donors (Lipinski definition) is 1. The van der Waals surface area contributed by atoms with E-state index >= 15 is 0 Å². The number of allylic oxidation sites excluding steroid dienone is 2. The van der Waals surface area contributed by atoms with Crippen molar-refractivity contribution in [2.75, 3.05) is 12.8 Å². The molecule has 1 aliphatic rings. The van der Waals surface area contributed by atoms with Gasteiger partial charge in [-0.3, -0.25) is 0 Å². The highest BCUT2D eigenvalue weighted by Crippen LogP contribution is 2.31. The van der Waals surface area contributed by atoms with Gasteiger partial charge in [0, 0.05) is 18.8 Å². The standard InChI is InChI=1S/C10H19NO2S/c1-9(2)11-8-10(14(3,12)13)6-4-5-7-10/h4-5,9,11H,6-8H2,1-3H3. The Morgan fingerprint density at radius 3 is 2.21 bits per heavy atom. The molecule has 0 aromatic heterocycles. The van der Waals surface area contributed by atoms with Crippen molar-refractivity contribution in [3.05, 3.63) is 12.2 Å². The van der Waals surface area contributed by atoms with Gasteiger partial charge in [-0.15, -0.1) is 0 Å². The number of sulfone groups is 1. The zero-order valence-electron chi connectivity index (χ0n) is 9.08. The Morgan fingerprint density at radius 1 is 1.36 bits per heavy atom. The molecule has 1 aliphatic carbocycles. The molecule has 0 aliphatic heterocycles. The van der Waals surface area contributed by atoms with E-state index in [0.717, 1.165) is 0 Å². The van der Waals surface area contributed by atoms with Gasteiger partial charge in [0.05, 0.1) is 4.75 Å². The molecule has 14 heavy (non-hydrogen) atoms. The third-order valence-electron chi connectivity index (χ3n) is 2.77. The van der Waals surface area contributed by atoms with Crippen LogP contribution < -0.4 is 5.32 Å². The summed E-state index contributed by atoms with van der Waals surface area (Å²) in [7, 11) is -2.98. The minimum Gasteiger partial charge on any atom is -0.313 e. The maximum absolute atomic E-state index is 11.7. The van der Waals surface area contributed by atoms with Crippen LogP contribution in [0.3, 0.4) is 0 Å². The van der Waals surface area contributed by atoms with E-state index in [0.29, 0.717) is 25.4 Å². The van der Waals surface area contributed by atoms with Crippen LogP contribution >= 0.6 is 0 Å². The van der Waals surface area contributed by atoms with Gasteiger partial charge in [-0.05, 0) is 12.8 Å². The SMILES string of the molecule is CC(C)NCC1(S(C)(=O)=O)CC=CC1. The van der Waals surface area contributed by atoms with Crippen LogP contribution in [0.15, 0.2) is 12.2 Å². The summed E-state index contributed by atoms with van der Waals surface area (Å²) in [6, 6.07) is 0.328. The predicted octanol–water partition coefficient (Wildman–Crippen LogP) is 1.12. The molecule has 1 rings (SSSR count). The summed E-state index contributed by atoms with van der Waals surface area (Å²) in [5.74, 6) is 0. The third-order valence-corrected chi connectivity index (χ3v) is 4.82. The molecule has 82 valence electrons. The summed E-state index contributed by atoms with van der Waals surface area (Å²) in [4.78, 5) is 0. The van der Waals surface area contributed by atoms with Crippen molar-refractivity contribution in [1.29, 1.82) is 0 Å². The molecule has 0 saturated carbocycles. The molecule has 0 atom stereocenters. The average Bonchev–Trinajstić information content (AvgIpc) is 2.48. The Kier molecular flexibility index (Phi) is 3.37. The predicted molar refractivity (Wildman–Crippen MR) is 59.1 cm³/mol. The summed E-state index contributed by atoms with van der Waals surface area (Å²) < 4.78 is 22.8. The van der Waals surface area contributed by atoms with Crippen molar-refractivity contribution < 1.29 is 8.42 Å². The van der Waals surface area contributed by atoms with Gasteiger partial charge in [0.1, 0.15) is 0 Å². The van der Waals surface area contributed by atoms with Crippen LogP contribution in [-0.2, 0) is 9.84 Å². The first-order chi connectivity index (χ1) is 6.37. The minimum absolute atomic E-state index is 0.328. The van der Waals surface area contributed by atoms with Crippen molar-refractivity contribution in [2.24, 2.45) is 0 Å². The molecule has 0 fully saturated rings. The van der Waals surface area contributed by atoms with Crippen molar-refractivity contribution in [3.63, 3.8) is 0 Å². The van der Waals surface area contributed by atoms with Crippen molar-refractivity contribution >= 4 is 9.84 Å². The van der Waals surface area contributed by atoms with Crippen LogP contribution in [0, 0.1) is 0 Å². The Bertz CT molecular complexity index is 309. The highest BCUT2D eigenvalue weighted by molar-refractivity contribution is 7.92. The molecule has 3 nitrogen and oxygen atoms in total. The van der Waals surface area contributed by atoms with E-state index in [9.17, 15) is 8.42 Å². The van der Waals surface area contributed by atoms with Crippen molar-refractivity contribution in [3.8, 4) is 0 Å². The molecule has 0 radical (unpaired) electrons. The number of hydrogen-bond acceptors (Lipinski definition) is 3. The molecule has 0 heterocycles. The van der Waals surface area contributed by atoms with E-state index in [2.05, 4.69) is 5.32 Å². The van der Waals surface area contributed by atoms with E-state index in [1.54, 1.807) is 0 Å². The summed E-state index contributed by atoms with van der Waals surface area (Å²) in [6.07, 6.45) is 6.55. The van der Waals surface area contributed by atoms with Gasteiger partial charge in [-0.1, -0.05) is 26.0 Å². The number of rotatable bonds is 4. The fraction of sp³-hybridized carbons (Fsp3) is 0.800. The lowest BCUT2D eigenvalue weighted by Crippen LogP contribution is -2.46. The van der Waals surface area contributed by atoms with Crippen LogP contribution in [0.5, 0.6) is 0 Å². The summed E-state index contributed by atoms with van der Waals surface area (Å²) in [5.41, 5.74) is 0. The van der Waals surface area contributed by atoms with Gasteiger partial charge in [-0.25, -0.2) is 8.42 Å². The largest absolute Gasteiger partial charge is 0.313 e. The molecular formula is C10H19NO2S. The fourth-order valence-electron chi connectivity index (χ4n) is 1.65. The fourth-order valence-corrected chi connectivity index (χ4v) is 2.79. The third kappa shape index (κ3) is 2.36. The molecule has 0 aromatic carbocycles. The van der Waals surface area contributed by atoms with Crippen LogP contribution in [0.2, 0.25) is 0 Å². The van der Waals surface area contributed by atoms with E-state index in [1.165, 1.54) is 6.26 Å².